The molecule has 0 aliphatic rings. The third-order valence-electron chi connectivity index (χ3n) is 3.28. The molecule has 2 N–H and O–H groups in total. The first kappa shape index (κ1) is 14.3. The van der Waals surface area contributed by atoms with E-state index in [2.05, 4.69) is 15.0 Å². The highest BCUT2D eigenvalue weighted by molar-refractivity contribution is 7.20. The molecule has 0 fully saturated rings. The molecule has 0 aliphatic heterocycles. The Morgan fingerprint density at radius 2 is 1.71 bits per heavy atom. The highest BCUT2D eigenvalue weighted by Gasteiger charge is 2.12. The second-order valence-corrected chi connectivity index (χ2v) is 5.88. The lowest BCUT2D eigenvalue weighted by Crippen LogP contribution is -2.25. The summed E-state index contributed by atoms with van der Waals surface area (Å²) < 4.78 is 6.87. The first-order chi connectivity index (χ1) is 11.7. The largest absolute Gasteiger partial charge is 0.430 e. The van der Waals surface area contributed by atoms with Crippen molar-refractivity contribution in [2.75, 3.05) is 0 Å². The highest BCUT2D eigenvalue weighted by Crippen LogP contribution is 2.34. The monoisotopic (exact) mass is 338 g/mol. The van der Waals surface area contributed by atoms with Crippen molar-refractivity contribution in [2.24, 2.45) is 0 Å². The molecule has 2 aromatic heterocycles. The number of hydrogen-bond acceptors (Lipinski definition) is 6. The van der Waals surface area contributed by atoms with Crippen LogP contribution in [0, 0.1) is 0 Å². The Hall–Kier alpha value is -3.26. The van der Waals surface area contributed by atoms with Crippen LogP contribution in [0.1, 0.15) is 0 Å². The number of nitrogens with zero attached hydrogens (tertiary/aromatic N) is 2. The van der Waals surface area contributed by atoms with Crippen LogP contribution in [0.15, 0.2) is 58.1 Å². The zero-order valence-corrected chi connectivity index (χ0v) is 13.0. The molecule has 0 atom stereocenters. The molecule has 8 heteroatoms. The molecule has 2 heterocycles. The van der Waals surface area contributed by atoms with Gasteiger partial charge in [0.25, 0.3) is 5.19 Å². The summed E-state index contributed by atoms with van der Waals surface area (Å²) in [6, 6.07) is 14.7. The number of H-pyrrole nitrogens is 2. The summed E-state index contributed by atoms with van der Waals surface area (Å²) in [4.78, 5) is 35.6. The Kier molecular flexibility index (Phi) is 3.43. The highest BCUT2D eigenvalue weighted by atomic mass is 32.1. The standard InChI is InChI=1S/C16H10N4O3S/c21-14-18-13(19-15(22)20-14)9-5-1-3-7-11(9)23-16-17-10-6-2-4-8-12(10)24-16/h1-8H,(H2,18,19,20,21,22). The average Bonchev–Trinajstić information content (AvgIpc) is 2.96. The fourth-order valence-corrected chi connectivity index (χ4v) is 3.09. The van der Waals surface area contributed by atoms with Crippen molar-refractivity contribution in [1.82, 2.24) is 19.9 Å². The Morgan fingerprint density at radius 3 is 2.54 bits per heavy atom. The lowest BCUT2D eigenvalue weighted by molar-refractivity contribution is 0.481. The van der Waals surface area contributed by atoms with E-state index in [4.69, 9.17) is 4.74 Å². The van der Waals surface area contributed by atoms with Gasteiger partial charge in [-0.15, -0.1) is 0 Å². The molecule has 0 saturated carbocycles. The number of fused-ring (bicyclic) bond motifs is 1. The zero-order chi connectivity index (χ0) is 16.5. The van der Waals surface area contributed by atoms with Gasteiger partial charge in [0.2, 0.25) is 0 Å². The van der Waals surface area contributed by atoms with Crippen molar-refractivity contribution in [1.29, 1.82) is 0 Å². The number of aromatic nitrogens is 4. The number of aromatic amines is 2. The van der Waals surface area contributed by atoms with E-state index in [0.717, 1.165) is 10.2 Å². The summed E-state index contributed by atoms with van der Waals surface area (Å²) in [5.41, 5.74) is 0.000884. The van der Waals surface area contributed by atoms with Gasteiger partial charge < -0.3 is 4.74 Å². The average molecular weight is 338 g/mol. The van der Waals surface area contributed by atoms with Crippen molar-refractivity contribution in [3.63, 3.8) is 0 Å². The Labute approximate surface area is 138 Å². The number of thiazole rings is 1. The SMILES string of the molecule is O=c1nc(-c2ccccc2Oc2nc3ccccc3s2)[nH]c(=O)[nH]1. The van der Waals surface area contributed by atoms with E-state index in [0.29, 0.717) is 16.5 Å². The van der Waals surface area contributed by atoms with Crippen molar-refractivity contribution < 1.29 is 4.74 Å². The number of ether oxygens (including phenoxy) is 1. The number of nitrogens with one attached hydrogen (secondary N) is 2. The van der Waals surface area contributed by atoms with Gasteiger partial charge in [0.15, 0.2) is 5.82 Å². The van der Waals surface area contributed by atoms with Gasteiger partial charge in [0.05, 0.1) is 15.8 Å². The summed E-state index contributed by atoms with van der Waals surface area (Å²) >= 11 is 1.41. The van der Waals surface area contributed by atoms with Gasteiger partial charge in [0, 0.05) is 0 Å². The van der Waals surface area contributed by atoms with Gasteiger partial charge in [0.1, 0.15) is 5.75 Å². The molecule has 4 aromatic rings. The Balaban J connectivity index is 1.78. The van der Waals surface area contributed by atoms with Crippen molar-refractivity contribution in [3.8, 4) is 22.3 Å². The van der Waals surface area contributed by atoms with Crippen LogP contribution >= 0.6 is 11.3 Å². The molecule has 118 valence electrons. The van der Waals surface area contributed by atoms with Gasteiger partial charge >= 0.3 is 11.4 Å². The summed E-state index contributed by atoms with van der Waals surface area (Å²) in [6.45, 7) is 0. The molecular formula is C16H10N4O3S. The minimum Gasteiger partial charge on any atom is -0.430 e. The van der Waals surface area contributed by atoms with Crippen LogP contribution in [0.3, 0.4) is 0 Å². The fourth-order valence-electron chi connectivity index (χ4n) is 2.26. The molecule has 0 radical (unpaired) electrons. The second-order valence-electron chi connectivity index (χ2n) is 4.89. The summed E-state index contributed by atoms with van der Waals surface area (Å²) in [7, 11) is 0. The molecule has 0 amide bonds. The molecule has 0 aliphatic carbocycles. The smallest absolute Gasteiger partial charge is 0.351 e. The fraction of sp³-hybridized carbons (Fsp3) is 0. The lowest BCUT2D eigenvalue weighted by Gasteiger charge is -2.07. The normalized spacial score (nSPS) is 10.8. The van der Waals surface area contributed by atoms with Gasteiger partial charge in [-0.05, 0) is 24.3 Å². The number of rotatable bonds is 3. The molecule has 7 nitrogen and oxygen atoms in total. The van der Waals surface area contributed by atoms with Crippen LogP contribution in [0.2, 0.25) is 0 Å². The van der Waals surface area contributed by atoms with Crippen LogP contribution in [0.5, 0.6) is 10.9 Å². The van der Waals surface area contributed by atoms with E-state index in [-0.39, 0.29) is 5.82 Å². The second kappa shape index (κ2) is 5.74. The third kappa shape index (κ3) is 2.70. The molecular weight excluding hydrogens is 328 g/mol. The number of hydrogen-bond donors (Lipinski definition) is 2. The Morgan fingerprint density at radius 1 is 0.917 bits per heavy atom. The van der Waals surface area contributed by atoms with Gasteiger partial charge in [-0.2, -0.15) is 4.98 Å². The van der Waals surface area contributed by atoms with E-state index in [1.807, 2.05) is 29.2 Å². The maximum atomic E-state index is 11.5. The first-order valence-electron chi connectivity index (χ1n) is 7.02. The summed E-state index contributed by atoms with van der Waals surface area (Å²) in [5, 5.41) is 0.468. The van der Waals surface area contributed by atoms with E-state index in [1.54, 1.807) is 24.3 Å². The third-order valence-corrected chi connectivity index (χ3v) is 4.19. The maximum absolute atomic E-state index is 11.5. The van der Waals surface area contributed by atoms with E-state index in [9.17, 15) is 9.59 Å². The van der Waals surface area contributed by atoms with Gasteiger partial charge in [-0.1, -0.05) is 35.6 Å². The quantitative estimate of drug-likeness (QED) is 0.598. The molecule has 4 rings (SSSR count). The predicted molar refractivity (Wildman–Crippen MR) is 90.6 cm³/mol. The number of benzene rings is 2. The lowest BCUT2D eigenvalue weighted by atomic mass is 10.2. The van der Waals surface area contributed by atoms with E-state index >= 15 is 0 Å². The number of para-hydroxylation sites is 2. The molecule has 0 unspecified atom stereocenters. The summed E-state index contributed by atoms with van der Waals surface area (Å²) in [5.74, 6) is 0.589. The molecule has 0 saturated heterocycles. The van der Waals surface area contributed by atoms with Crippen molar-refractivity contribution >= 4 is 21.6 Å². The molecule has 2 aromatic carbocycles. The van der Waals surface area contributed by atoms with Crippen molar-refractivity contribution in [3.05, 3.63) is 69.5 Å². The van der Waals surface area contributed by atoms with Crippen molar-refractivity contribution in [2.45, 2.75) is 0 Å². The van der Waals surface area contributed by atoms with E-state index in [1.165, 1.54) is 11.3 Å². The van der Waals surface area contributed by atoms with Crippen LogP contribution in [0.4, 0.5) is 0 Å². The van der Waals surface area contributed by atoms with Gasteiger partial charge in [-0.3, -0.25) is 9.97 Å². The molecule has 24 heavy (non-hydrogen) atoms. The molecule has 0 spiro atoms. The topological polar surface area (TPSA) is 101 Å². The predicted octanol–water partition coefficient (Wildman–Crippen LogP) is 2.53. The van der Waals surface area contributed by atoms with Crippen LogP contribution in [-0.4, -0.2) is 19.9 Å². The van der Waals surface area contributed by atoms with Gasteiger partial charge in [-0.25, -0.2) is 14.6 Å². The van der Waals surface area contributed by atoms with Crippen LogP contribution in [0.25, 0.3) is 21.6 Å². The first-order valence-corrected chi connectivity index (χ1v) is 7.84. The minimum atomic E-state index is -0.719. The minimum absolute atomic E-state index is 0.139. The Bertz CT molecular complexity index is 1080. The summed E-state index contributed by atoms with van der Waals surface area (Å²) in [6.07, 6.45) is 0. The van der Waals surface area contributed by atoms with Crippen LogP contribution < -0.4 is 16.1 Å². The maximum Gasteiger partial charge on any atom is 0.351 e. The van der Waals surface area contributed by atoms with E-state index < -0.39 is 11.4 Å². The zero-order valence-electron chi connectivity index (χ0n) is 12.1. The van der Waals surface area contributed by atoms with Crippen LogP contribution in [-0.2, 0) is 0 Å². The molecule has 0 bridgehead atoms.